The number of aromatic nitrogens is 1. The fraction of sp³-hybridized carbons (Fsp3) is 0.0588. The molecule has 23 heavy (non-hydrogen) atoms. The molecule has 0 aliphatic heterocycles. The van der Waals surface area contributed by atoms with Crippen LogP contribution in [0.4, 0.5) is 10.1 Å². The molecule has 0 aliphatic rings. The number of hydrogen-bond acceptors (Lipinski definition) is 2. The number of carbonyl (C=O) groups is 2. The molecule has 0 spiro atoms. The van der Waals surface area contributed by atoms with Gasteiger partial charge in [0.05, 0.1) is 5.56 Å². The van der Waals surface area contributed by atoms with Crippen molar-refractivity contribution >= 4 is 44.2 Å². The second-order valence-corrected chi connectivity index (χ2v) is 6.05. The number of halogens is 2. The van der Waals surface area contributed by atoms with Gasteiger partial charge in [-0.25, -0.2) is 4.39 Å². The van der Waals surface area contributed by atoms with E-state index in [2.05, 4.69) is 26.2 Å². The highest BCUT2D eigenvalue weighted by Crippen LogP contribution is 2.22. The third kappa shape index (κ3) is 3.03. The summed E-state index contributed by atoms with van der Waals surface area (Å²) in [7, 11) is 0. The topological polar surface area (TPSA) is 62.0 Å². The van der Waals surface area contributed by atoms with Crippen LogP contribution in [0.15, 0.2) is 47.1 Å². The molecule has 4 nitrogen and oxygen atoms in total. The van der Waals surface area contributed by atoms with Crippen molar-refractivity contribution in [3.63, 3.8) is 0 Å². The molecule has 2 N–H and O–H groups in total. The van der Waals surface area contributed by atoms with Gasteiger partial charge in [0.2, 0.25) is 0 Å². The Morgan fingerprint density at radius 3 is 2.70 bits per heavy atom. The first-order chi connectivity index (χ1) is 11.0. The number of amides is 1. The summed E-state index contributed by atoms with van der Waals surface area (Å²) in [6.45, 7) is 1.83. The largest absolute Gasteiger partial charge is 0.360 e. The Kier molecular flexibility index (Phi) is 4.00. The van der Waals surface area contributed by atoms with Crippen molar-refractivity contribution in [1.29, 1.82) is 0 Å². The van der Waals surface area contributed by atoms with Crippen molar-refractivity contribution in [2.24, 2.45) is 0 Å². The number of Topliss-reactive ketones (excluding diaryl/α,β-unsaturated/α-hetero) is 1. The number of H-pyrrole nitrogens is 1. The van der Waals surface area contributed by atoms with E-state index in [4.69, 9.17) is 0 Å². The second kappa shape index (κ2) is 5.96. The maximum Gasteiger partial charge on any atom is 0.296 e. The molecule has 6 heteroatoms. The fourth-order valence-corrected chi connectivity index (χ4v) is 2.82. The average Bonchev–Trinajstić information content (AvgIpc) is 2.92. The molecular formula is C17H12BrFN2O2. The maximum absolute atomic E-state index is 13.4. The van der Waals surface area contributed by atoms with Gasteiger partial charge >= 0.3 is 0 Å². The Bertz CT molecular complexity index is 933. The first kappa shape index (κ1) is 15.4. The van der Waals surface area contributed by atoms with Gasteiger partial charge in [-0.2, -0.15) is 0 Å². The third-order valence-electron chi connectivity index (χ3n) is 3.53. The van der Waals surface area contributed by atoms with Gasteiger partial charge in [0, 0.05) is 27.3 Å². The molecule has 116 valence electrons. The first-order valence-electron chi connectivity index (χ1n) is 6.84. The van der Waals surface area contributed by atoms with Gasteiger partial charge in [0.15, 0.2) is 0 Å². The van der Waals surface area contributed by atoms with E-state index in [-0.39, 0.29) is 5.56 Å². The van der Waals surface area contributed by atoms with E-state index >= 15 is 0 Å². The molecule has 0 saturated heterocycles. The molecule has 2 aromatic carbocycles. The molecular weight excluding hydrogens is 363 g/mol. The lowest BCUT2D eigenvalue weighted by Crippen LogP contribution is -2.23. The Morgan fingerprint density at radius 2 is 1.96 bits per heavy atom. The normalized spacial score (nSPS) is 10.7. The number of carbonyl (C=O) groups excluding carboxylic acids is 2. The van der Waals surface area contributed by atoms with Crippen LogP contribution in [0.2, 0.25) is 0 Å². The highest BCUT2D eigenvalue weighted by Gasteiger charge is 2.20. The average molecular weight is 375 g/mol. The predicted octanol–water partition coefficient (Wildman–Crippen LogP) is 4.20. The molecule has 1 aromatic heterocycles. The number of hydrogen-bond donors (Lipinski definition) is 2. The smallest absolute Gasteiger partial charge is 0.296 e. The minimum atomic E-state index is -0.763. The molecule has 0 aliphatic carbocycles. The number of anilines is 1. The lowest BCUT2D eigenvalue weighted by atomic mass is 10.1. The van der Waals surface area contributed by atoms with Crippen LogP contribution >= 0.6 is 15.9 Å². The van der Waals surface area contributed by atoms with Crippen LogP contribution in [0, 0.1) is 12.7 Å². The molecule has 3 aromatic rings. The van der Waals surface area contributed by atoms with E-state index in [0.29, 0.717) is 16.6 Å². The molecule has 1 amide bonds. The standard InChI is InChI=1S/C17H12BrFN2O2/c1-9-6-10(18)2-4-14(9)21-17(23)16(22)13-8-20-15-5-3-11(19)7-12(13)15/h2-8,20H,1H3,(H,21,23). The van der Waals surface area contributed by atoms with E-state index in [1.165, 1.54) is 24.4 Å². The van der Waals surface area contributed by atoms with Crippen LogP contribution in [0.5, 0.6) is 0 Å². The highest BCUT2D eigenvalue weighted by molar-refractivity contribution is 9.10. The van der Waals surface area contributed by atoms with Gasteiger partial charge in [-0.3, -0.25) is 9.59 Å². The van der Waals surface area contributed by atoms with E-state index < -0.39 is 17.5 Å². The van der Waals surface area contributed by atoms with Crippen LogP contribution < -0.4 is 5.32 Å². The zero-order valence-electron chi connectivity index (χ0n) is 12.1. The molecule has 0 atom stereocenters. The summed E-state index contributed by atoms with van der Waals surface area (Å²) in [5, 5.41) is 2.97. The number of fused-ring (bicyclic) bond motifs is 1. The summed E-state index contributed by atoms with van der Waals surface area (Å²) in [5.74, 6) is -1.94. The van der Waals surface area contributed by atoms with Gasteiger partial charge < -0.3 is 10.3 Å². The molecule has 0 bridgehead atoms. The minimum Gasteiger partial charge on any atom is -0.360 e. The van der Waals surface area contributed by atoms with Gasteiger partial charge in [-0.1, -0.05) is 15.9 Å². The molecule has 0 unspecified atom stereocenters. The summed E-state index contributed by atoms with van der Waals surface area (Å²) in [5.41, 5.74) is 2.12. The second-order valence-electron chi connectivity index (χ2n) is 5.13. The highest BCUT2D eigenvalue weighted by atomic mass is 79.9. The molecule has 1 heterocycles. The Morgan fingerprint density at radius 1 is 1.17 bits per heavy atom. The van der Waals surface area contributed by atoms with Gasteiger partial charge in [-0.15, -0.1) is 0 Å². The summed E-state index contributed by atoms with van der Waals surface area (Å²) >= 11 is 3.34. The Hall–Kier alpha value is -2.47. The Labute approximate surface area is 139 Å². The number of nitrogens with one attached hydrogen (secondary N) is 2. The van der Waals surface area contributed by atoms with Crippen molar-refractivity contribution in [2.75, 3.05) is 5.32 Å². The molecule has 0 radical (unpaired) electrons. The predicted molar refractivity (Wildman–Crippen MR) is 90.1 cm³/mol. The molecule has 3 rings (SSSR count). The summed E-state index contributed by atoms with van der Waals surface area (Å²) in [6.07, 6.45) is 1.42. The summed E-state index contributed by atoms with van der Waals surface area (Å²) in [4.78, 5) is 27.4. The number of rotatable bonds is 3. The zero-order valence-corrected chi connectivity index (χ0v) is 13.7. The SMILES string of the molecule is Cc1cc(Br)ccc1NC(=O)C(=O)c1c[nH]c2ccc(F)cc12. The van der Waals surface area contributed by atoms with Crippen molar-refractivity contribution in [3.8, 4) is 0 Å². The van der Waals surface area contributed by atoms with Crippen LogP contribution in [0.3, 0.4) is 0 Å². The fourth-order valence-electron chi connectivity index (χ4n) is 2.35. The quantitative estimate of drug-likeness (QED) is 0.533. The van der Waals surface area contributed by atoms with Gasteiger partial charge in [0.25, 0.3) is 11.7 Å². The van der Waals surface area contributed by atoms with Crippen LogP contribution in [0.25, 0.3) is 10.9 Å². The van der Waals surface area contributed by atoms with Crippen molar-refractivity contribution in [2.45, 2.75) is 6.92 Å². The van der Waals surface area contributed by atoms with E-state index in [0.717, 1.165) is 10.0 Å². The lowest BCUT2D eigenvalue weighted by molar-refractivity contribution is -0.112. The van der Waals surface area contributed by atoms with Crippen LogP contribution in [-0.2, 0) is 4.79 Å². The van der Waals surface area contributed by atoms with Crippen LogP contribution in [0.1, 0.15) is 15.9 Å². The summed E-state index contributed by atoms with van der Waals surface area (Å²) in [6, 6.07) is 9.36. The van der Waals surface area contributed by atoms with E-state index in [1.54, 1.807) is 12.1 Å². The number of benzene rings is 2. The van der Waals surface area contributed by atoms with E-state index in [9.17, 15) is 14.0 Å². The van der Waals surface area contributed by atoms with Gasteiger partial charge in [0.1, 0.15) is 5.82 Å². The lowest BCUT2D eigenvalue weighted by Gasteiger charge is -2.07. The first-order valence-corrected chi connectivity index (χ1v) is 7.63. The minimum absolute atomic E-state index is 0.145. The molecule has 0 saturated carbocycles. The van der Waals surface area contributed by atoms with Gasteiger partial charge in [-0.05, 0) is 48.9 Å². The molecule has 0 fully saturated rings. The van der Waals surface area contributed by atoms with Crippen molar-refractivity contribution < 1.29 is 14.0 Å². The van der Waals surface area contributed by atoms with Crippen LogP contribution in [-0.4, -0.2) is 16.7 Å². The number of aromatic amines is 1. The number of aryl methyl sites for hydroxylation is 1. The third-order valence-corrected chi connectivity index (χ3v) is 4.02. The Balaban J connectivity index is 1.89. The number of ketones is 1. The zero-order chi connectivity index (χ0) is 16.6. The van der Waals surface area contributed by atoms with Crippen molar-refractivity contribution in [3.05, 3.63) is 64.0 Å². The van der Waals surface area contributed by atoms with Crippen molar-refractivity contribution in [1.82, 2.24) is 4.98 Å². The maximum atomic E-state index is 13.4. The monoisotopic (exact) mass is 374 g/mol. The van der Waals surface area contributed by atoms with E-state index in [1.807, 2.05) is 13.0 Å². The summed E-state index contributed by atoms with van der Waals surface area (Å²) < 4.78 is 14.2.